The first-order chi connectivity index (χ1) is 13.8. The number of carboxylic acid groups (broad SMARTS) is 1. The van der Waals surface area contributed by atoms with Crippen molar-refractivity contribution in [3.8, 4) is 11.5 Å². The summed E-state index contributed by atoms with van der Waals surface area (Å²) in [5.74, 6) is -2.72. The van der Waals surface area contributed by atoms with E-state index in [1.165, 1.54) is 13.0 Å². The topological polar surface area (TPSA) is 164 Å². The lowest BCUT2D eigenvalue weighted by atomic mass is 10.2. The molecule has 1 aromatic rings. The minimum absolute atomic E-state index is 0.0751. The maximum atomic E-state index is 12.3. The summed E-state index contributed by atoms with van der Waals surface area (Å²) >= 11 is 0. The van der Waals surface area contributed by atoms with Crippen LogP contribution in [-0.2, 0) is 14.4 Å². The zero-order chi connectivity index (χ0) is 23.1. The molecule has 0 fully saturated rings. The second-order valence-corrected chi connectivity index (χ2v) is 7.04. The first-order valence-electron chi connectivity index (χ1n) is 8.88. The molecule has 0 saturated heterocycles. The molecule has 12 heteroatoms. The Morgan fingerprint density at radius 1 is 1.23 bits per heavy atom. The molecule has 30 heavy (non-hydrogen) atoms. The number of carboxylic acids is 1. The predicted octanol–water partition coefficient (Wildman–Crippen LogP) is 2.53. The van der Waals surface area contributed by atoms with Crippen molar-refractivity contribution in [3.63, 3.8) is 0 Å². The van der Waals surface area contributed by atoms with E-state index >= 15 is 0 Å². The molecule has 2 atom stereocenters. The molecule has 1 amide bonds. The SMILES string of the molecule is CCC(Oc1ccc(C(=O)O)cc1OC(=O)C(C)NC(=O)OC(C)(C)C)O[N+](=O)[O-]. The highest BCUT2D eigenvalue weighted by molar-refractivity contribution is 5.89. The van der Waals surface area contributed by atoms with Gasteiger partial charge in [0.05, 0.1) is 5.56 Å². The van der Waals surface area contributed by atoms with Crippen LogP contribution in [-0.4, -0.2) is 46.2 Å². The van der Waals surface area contributed by atoms with Gasteiger partial charge in [-0.2, -0.15) is 0 Å². The largest absolute Gasteiger partial charge is 0.478 e. The number of rotatable bonds is 9. The van der Waals surface area contributed by atoms with Crippen LogP contribution < -0.4 is 14.8 Å². The fourth-order valence-electron chi connectivity index (χ4n) is 1.98. The Hall–Kier alpha value is -3.57. The Bertz CT molecular complexity index is 803. The van der Waals surface area contributed by atoms with Gasteiger partial charge < -0.3 is 24.6 Å². The molecule has 0 heterocycles. The first-order valence-corrected chi connectivity index (χ1v) is 8.88. The predicted molar refractivity (Wildman–Crippen MR) is 101 cm³/mol. The van der Waals surface area contributed by atoms with E-state index in [-0.39, 0.29) is 23.5 Å². The van der Waals surface area contributed by atoms with Gasteiger partial charge in [0.2, 0.25) is 6.29 Å². The second kappa shape index (κ2) is 10.3. The Morgan fingerprint density at radius 2 is 1.87 bits per heavy atom. The Kier molecular flexibility index (Phi) is 8.38. The number of ether oxygens (including phenoxy) is 3. The third kappa shape index (κ3) is 8.20. The van der Waals surface area contributed by atoms with E-state index in [1.807, 2.05) is 0 Å². The average molecular weight is 428 g/mol. The van der Waals surface area contributed by atoms with Gasteiger partial charge >= 0.3 is 18.0 Å². The van der Waals surface area contributed by atoms with Crippen LogP contribution in [0.1, 0.15) is 51.4 Å². The van der Waals surface area contributed by atoms with Gasteiger partial charge in [0.25, 0.3) is 5.09 Å². The maximum Gasteiger partial charge on any atom is 0.408 e. The quantitative estimate of drug-likeness (QED) is 0.196. The molecule has 0 radical (unpaired) electrons. The van der Waals surface area contributed by atoms with Crippen LogP contribution in [0.2, 0.25) is 0 Å². The minimum atomic E-state index is -1.31. The molecule has 12 nitrogen and oxygen atoms in total. The molecule has 1 aromatic carbocycles. The number of carbonyl (C=O) groups excluding carboxylic acids is 2. The lowest BCUT2D eigenvalue weighted by molar-refractivity contribution is -0.778. The standard InChI is InChI=1S/C18H24N2O10/c1-6-14(30-20(25)26)27-12-8-7-11(15(21)22)9-13(12)28-16(23)10(2)19-17(24)29-18(3,4)5/h7-10,14H,6H2,1-5H3,(H,19,24)(H,21,22). The Morgan fingerprint density at radius 3 is 2.37 bits per heavy atom. The summed E-state index contributed by atoms with van der Waals surface area (Å²) in [7, 11) is 0. The van der Waals surface area contributed by atoms with Crippen molar-refractivity contribution < 1.29 is 43.6 Å². The Labute approximate surface area is 172 Å². The molecule has 0 aliphatic carbocycles. The number of carbonyl (C=O) groups is 3. The molecule has 1 rings (SSSR count). The van der Waals surface area contributed by atoms with Gasteiger partial charge in [-0.3, -0.25) is 4.84 Å². The van der Waals surface area contributed by atoms with Crippen molar-refractivity contribution in [3.05, 3.63) is 33.9 Å². The zero-order valence-corrected chi connectivity index (χ0v) is 17.2. The fourth-order valence-corrected chi connectivity index (χ4v) is 1.98. The summed E-state index contributed by atoms with van der Waals surface area (Å²) in [6.07, 6.45) is -2.09. The number of hydrogen-bond acceptors (Lipinski definition) is 9. The molecular weight excluding hydrogens is 404 g/mol. The van der Waals surface area contributed by atoms with Crippen LogP contribution in [0.5, 0.6) is 11.5 Å². The van der Waals surface area contributed by atoms with Gasteiger partial charge in [-0.1, -0.05) is 6.92 Å². The molecule has 0 aliphatic rings. The summed E-state index contributed by atoms with van der Waals surface area (Å²) in [6, 6.07) is 2.19. The van der Waals surface area contributed by atoms with Gasteiger partial charge in [-0.25, -0.2) is 14.4 Å². The molecule has 0 saturated carbocycles. The van der Waals surface area contributed by atoms with E-state index in [4.69, 9.17) is 19.3 Å². The number of aromatic carboxylic acids is 1. The molecule has 2 N–H and O–H groups in total. The van der Waals surface area contributed by atoms with E-state index in [9.17, 15) is 24.5 Å². The lowest BCUT2D eigenvalue weighted by Gasteiger charge is -2.22. The summed E-state index contributed by atoms with van der Waals surface area (Å²) in [4.78, 5) is 50.3. The van der Waals surface area contributed by atoms with E-state index in [1.54, 1.807) is 27.7 Å². The molecule has 0 aromatic heterocycles. The van der Waals surface area contributed by atoms with E-state index in [0.717, 1.165) is 12.1 Å². The number of benzene rings is 1. The van der Waals surface area contributed by atoms with Crippen LogP contribution in [0.3, 0.4) is 0 Å². The van der Waals surface area contributed by atoms with Crippen molar-refractivity contribution >= 4 is 18.0 Å². The molecule has 2 unspecified atom stereocenters. The Balaban J connectivity index is 3.02. The summed E-state index contributed by atoms with van der Waals surface area (Å²) in [6.45, 7) is 7.83. The van der Waals surface area contributed by atoms with Crippen LogP contribution >= 0.6 is 0 Å². The maximum absolute atomic E-state index is 12.3. The third-order valence-electron chi connectivity index (χ3n) is 3.28. The smallest absolute Gasteiger partial charge is 0.408 e. The second-order valence-electron chi connectivity index (χ2n) is 7.04. The summed E-state index contributed by atoms with van der Waals surface area (Å²) < 4.78 is 15.5. The van der Waals surface area contributed by atoms with Crippen LogP contribution in [0.25, 0.3) is 0 Å². The lowest BCUT2D eigenvalue weighted by Crippen LogP contribution is -2.43. The van der Waals surface area contributed by atoms with Crippen molar-refractivity contribution in [2.45, 2.75) is 59.0 Å². The molecular formula is C18H24N2O10. The fraction of sp³-hybridized carbons (Fsp3) is 0.500. The minimum Gasteiger partial charge on any atom is -0.478 e. The van der Waals surface area contributed by atoms with Crippen LogP contribution in [0.4, 0.5) is 4.79 Å². The number of nitrogens with one attached hydrogen (secondary N) is 1. The highest BCUT2D eigenvalue weighted by atomic mass is 17.0. The van der Waals surface area contributed by atoms with Gasteiger partial charge in [0.15, 0.2) is 11.5 Å². The van der Waals surface area contributed by atoms with E-state index in [2.05, 4.69) is 10.2 Å². The third-order valence-corrected chi connectivity index (χ3v) is 3.28. The van der Waals surface area contributed by atoms with Gasteiger partial charge in [-0.15, -0.1) is 10.1 Å². The molecule has 0 aliphatic heterocycles. The number of amides is 1. The highest BCUT2D eigenvalue weighted by Crippen LogP contribution is 2.30. The number of alkyl carbamates (subject to hydrolysis) is 1. The van der Waals surface area contributed by atoms with Crippen molar-refractivity contribution in [1.82, 2.24) is 5.32 Å². The average Bonchev–Trinajstić information content (AvgIpc) is 2.59. The van der Waals surface area contributed by atoms with Crippen molar-refractivity contribution in [2.75, 3.05) is 0 Å². The van der Waals surface area contributed by atoms with Crippen molar-refractivity contribution in [2.24, 2.45) is 0 Å². The first kappa shape index (κ1) is 24.5. The van der Waals surface area contributed by atoms with Crippen molar-refractivity contribution in [1.29, 1.82) is 0 Å². The van der Waals surface area contributed by atoms with Gasteiger partial charge in [0.1, 0.15) is 11.6 Å². The summed E-state index contributed by atoms with van der Waals surface area (Å²) in [5, 5.41) is 20.9. The van der Waals surface area contributed by atoms with Gasteiger partial charge in [0, 0.05) is 6.42 Å². The summed E-state index contributed by atoms with van der Waals surface area (Å²) in [5.41, 5.74) is -1.00. The molecule has 0 spiro atoms. The molecule has 166 valence electrons. The number of nitrogens with zero attached hydrogens (tertiary/aromatic N) is 1. The highest BCUT2D eigenvalue weighted by Gasteiger charge is 2.25. The zero-order valence-electron chi connectivity index (χ0n) is 17.2. The van der Waals surface area contributed by atoms with Gasteiger partial charge in [-0.05, 0) is 45.9 Å². The van der Waals surface area contributed by atoms with E-state index in [0.29, 0.717) is 0 Å². The van der Waals surface area contributed by atoms with Crippen LogP contribution in [0.15, 0.2) is 18.2 Å². The molecule has 0 bridgehead atoms. The van der Waals surface area contributed by atoms with Crippen LogP contribution in [0, 0.1) is 10.1 Å². The normalized spacial score (nSPS) is 12.8. The number of esters is 1. The number of hydrogen-bond donors (Lipinski definition) is 2. The van der Waals surface area contributed by atoms with E-state index < -0.39 is 41.1 Å². The monoisotopic (exact) mass is 428 g/mol.